The summed E-state index contributed by atoms with van der Waals surface area (Å²) in [5.41, 5.74) is 0. The van der Waals surface area contributed by atoms with Crippen LogP contribution in [0, 0.1) is 11.8 Å². The van der Waals surface area contributed by atoms with E-state index in [4.69, 9.17) is 37.0 Å². The quantitative estimate of drug-likeness (QED) is 0.0222. The number of rotatable bonds is 81. The molecule has 6 atom stereocenters. The number of carbonyl (C=O) groups excluding carboxylic acids is 4. The van der Waals surface area contributed by atoms with E-state index in [1.54, 1.807) is 0 Å². The highest BCUT2D eigenvalue weighted by molar-refractivity contribution is 7.47. The third kappa shape index (κ3) is 74.7. The molecule has 0 fully saturated rings. The number of aliphatic hydroxyl groups excluding tert-OH is 1. The van der Waals surface area contributed by atoms with E-state index in [9.17, 15) is 43.2 Å². The van der Waals surface area contributed by atoms with Gasteiger partial charge >= 0.3 is 39.5 Å². The van der Waals surface area contributed by atoms with Crippen LogP contribution >= 0.6 is 15.6 Å². The van der Waals surface area contributed by atoms with Gasteiger partial charge in [0.1, 0.15) is 19.3 Å². The molecule has 3 unspecified atom stereocenters. The molecule has 600 valence electrons. The number of hydrogen-bond donors (Lipinski definition) is 3. The maximum atomic E-state index is 13.1. The highest BCUT2D eigenvalue weighted by Crippen LogP contribution is 2.45. The van der Waals surface area contributed by atoms with Crippen molar-refractivity contribution in [1.82, 2.24) is 0 Å². The fourth-order valence-corrected chi connectivity index (χ4v) is 14.3. The van der Waals surface area contributed by atoms with Gasteiger partial charge in [0, 0.05) is 25.7 Å². The highest BCUT2D eigenvalue weighted by atomic mass is 31.2. The normalized spacial score (nSPS) is 14.2. The maximum Gasteiger partial charge on any atom is 0.472 e. The van der Waals surface area contributed by atoms with Gasteiger partial charge in [0.2, 0.25) is 0 Å². The largest absolute Gasteiger partial charge is 0.472 e. The average Bonchev–Trinajstić information content (AvgIpc) is 0.943. The van der Waals surface area contributed by atoms with Crippen LogP contribution in [-0.4, -0.2) is 96.7 Å². The van der Waals surface area contributed by atoms with Crippen LogP contribution in [-0.2, 0) is 65.4 Å². The monoisotopic (exact) mass is 1480 g/mol. The van der Waals surface area contributed by atoms with Crippen molar-refractivity contribution in [3.05, 3.63) is 0 Å². The molecule has 0 amide bonds. The Hall–Kier alpha value is -1.94. The van der Waals surface area contributed by atoms with E-state index < -0.39 is 97.5 Å². The van der Waals surface area contributed by atoms with E-state index in [2.05, 4.69) is 41.5 Å². The molecule has 0 aromatic carbocycles. The first-order chi connectivity index (χ1) is 48.9. The van der Waals surface area contributed by atoms with Gasteiger partial charge in [-0.3, -0.25) is 37.3 Å². The van der Waals surface area contributed by atoms with E-state index in [0.717, 1.165) is 102 Å². The van der Waals surface area contributed by atoms with E-state index >= 15 is 0 Å². The summed E-state index contributed by atoms with van der Waals surface area (Å²) in [4.78, 5) is 73.1. The predicted molar refractivity (Wildman–Crippen MR) is 414 cm³/mol. The van der Waals surface area contributed by atoms with Crippen molar-refractivity contribution in [1.29, 1.82) is 0 Å². The lowest BCUT2D eigenvalue weighted by molar-refractivity contribution is -0.161. The third-order valence-electron chi connectivity index (χ3n) is 19.6. The highest BCUT2D eigenvalue weighted by Gasteiger charge is 2.30. The maximum absolute atomic E-state index is 13.1. The summed E-state index contributed by atoms with van der Waals surface area (Å²) in [6.07, 6.45) is 63.6. The SMILES string of the molecule is CCCCCCCCCCCCCCCCCCCC(=O)OC[C@H](COP(=O)(O)OC[C@@H](O)COP(=O)(O)OC[C@@H](COC(=O)CCCCCCCCCCCCCC)OC(=O)CCCCCCCCCCCCC(C)CC)OC(=O)CCCCCCCCCCCCCCCCCC(C)C. The van der Waals surface area contributed by atoms with Crippen molar-refractivity contribution < 1.29 is 80.2 Å². The van der Waals surface area contributed by atoms with Crippen LogP contribution in [0.1, 0.15) is 433 Å². The average molecular weight is 1480 g/mol. The second-order valence-corrected chi connectivity index (χ2v) is 33.1. The molecular weight excluding hydrogens is 1320 g/mol. The minimum atomic E-state index is -4.96. The first-order valence-electron chi connectivity index (χ1n) is 42.5. The Morgan fingerprint density at radius 2 is 0.505 bits per heavy atom. The molecule has 0 aliphatic carbocycles. The van der Waals surface area contributed by atoms with Crippen LogP contribution in [0.5, 0.6) is 0 Å². The third-order valence-corrected chi connectivity index (χ3v) is 21.5. The zero-order valence-corrected chi connectivity index (χ0v) is 68.0. The Morgan fingerprint density at radius 1 is 0.287 bits per heavy atom. The molecular formula is C82H160O17P2. The molecule has 0 spiro atoms. The summed E-state index contributed by atoms with van der Waals surface area (Å²) in [5.74, 6) is -0.499. The van der Waals surface area contributed by atoms with Crippen molar-refractivity contribution in [2.24, 2.45) is 11.8 Å². The summed E-state index contributed by atoms with van der Waals surface area (Å²) in [7, 11) is -9.92. The first kappa shape index (κ1) is 99.1. The molecule has 0 saturated carbocycles. The number of unbranched alkanes of at least 4 members (excludes halogenated alkanes) is 50. The van der Waals surface area contributed by atoms with Gasteiger partial charge in [0.05, 0.1) is 26.4 Å². The zero-order valence-electron chi connectivity index (χ0n) is 66.2. The topological polar surface area (TPSA) is 237 Å². The van der Waals surface area contributed by atoms with Crippen LogP contribution in [0.3, 0.4) is 0 Å². The summed E-state index contributed by atoms with van der Waals surface area (Å²) in [6, 6.07) is 0. The number of ether oxygens (including phenoxy) is 4. The van der Waals surface area contributed by atoms with Gasteiger partial charge in [-0.05, 0) is 37.5 Å². The molecule has 0 aromatic rings. The fraction of sp³-hybridized carbons (Fsp3) is 0.951. The lowest BCUT2D eigenvalue weighted by atomic mass is 9.99. The molecule has 0 saturated heterocycles. The lowest BCUT2D eigenvalue weighted by Crippen LogP contribution is -2.30. The minimum Gasteiger partial charge on any atom is -0.462 e. The van der Waals surface area contributed by atoms with Gasteiger partial charge in [-0.2, -0.15) is 0 Å². The summed E-state index contributed by atoms with van der Waals surface area (Å²) in [5, 5.41) is 10.7. The Labute approximate surface area is 619 Å². The Morgan fingerprint density at radius 3 is 0.752 bits per heavy atom. The number of aliphatic hydroxyl groups is 1. The predicted octanol–water partition coefficient (Wildman–Crippen LogP) is 24.7. The molecule has 3 N–H and O–H groups in total. The standard InChI is InChI=1S/C82H160O17P2/c1-7-10-12-14-16-18-20-22-23-24-27-30-34-41-47-53-59-65-80(85)93-70-77(98-81(86)66-60-54-48-42-35-31-28-25-26-29-32-38-44-50-56-62-74(4)5)72-96-100(88,89)94-68-76(83)69-95-101(90,91)97-73-78(71-92-79(84)64-58-52-46-40-33-21-19-17-15-13-11-8-2)99-82(87)67-61-55-49-43-37-36-39-45-51-57-63-75(6)9-3/h74-78,83H,7-73H2,1-6H3,(H,88,89)(H,90,91)/t75?,76-,77-,78-/m1/s1. The summed E-state index contributed by atoms with van der Waals surface area (Å²) >= 11 is 0. The van der Waals surface area contributed by atoms with Gasteiger partial charge in [0.25, 0.3) is 0 Å². The van der Waals surface area contributed by atoms with Crippen molar-refractivity contribution in [2.45, 2.75) is 452 Å². The van der Waals surface area contributed by atoms with Crippen molar-refractivity contribution in [2.75, 3.05) is 39.6 Å². The molecule has 17 nitrogen and oxygen atoms in total. The molecule has 0 aliphatic rings. The molecule has 19 heteroatoms. The van der Waals surface area contributed by atoms with Gasteiger partial charge in [-0.25, -0.2) is 9.13 Å². The first-order valence-corrected chi connectivity index (χ1v) is 45.5. The number of phosphoric ester groups is 2. The van der Waals surface area contributed by atoms with Gasteiger partial charge in [-0.1, -0.05) is 382 Å². The molecule has 0 heterocycles. The molecule has 0 bridgehead atoms. The Kier molecular flexibility index (Phi) is 72.2. The fourth-order valence-electron chi connectivity index (χ4n) is 12.7. The van der Waals surface area contributed by atoms with E-state index in [1.807, 2.05) is 0 Å². The van der Waals surface area contributed by atoms with Crippen LogP contribution in [0.4, 0.5) is 0 Å². The molecule has 0 aromatic heterocycles. The minimum absolute atomic E-state index is 0.107. The van der Waals surface area contributed by atoms with E-state index in [-0.39, 0.29) is 25.7 Å². The van der Waals surface area contributed by atoms with E-state index in [1.165, 1.54) is 250 Å². The number of esters is 4. The number of hydrogen-bond acceptors (Lipinski definition) is 15. The van der Waals surface area contributed by atoms with Crippen LogP contribution in [0.15, 0.2) is 0 Å². The van der Waals surface area contributed by atoms with Crippen molar-refractivity contribution in [3.63, 3.8) is 0 Å². The van der Waals surface area contributed by atoms with Crippen LogP contribution in [0.25, 0.3) is 0 Å². The Bertz CT molecular complexity index is 1940. The smallest absolute Gasteiger partial charge is 0.462 e. The van der Waals surface area contributed by atoms with Gasteiger partial charge < -0.3 is 33.8 Å². The van der Waals surface area contributed by atoms with Crippen molar-refractivity contribution >= 4 is 39.5 Å². The van der Waals surface area contributed by atoms with E-state index in [0.29, 0.717) is 25.7 Å². The molecule has 0 rings (SSSR count). The number of phosphoric acid groups is 2. The second kappa shape index (κ2) is 73.6. The molecule has 101 heavy (non-hydrogen) atoms. The zero-order chi connectivity index (χ0) is 74.2. The van der Waals surface area contributed by atoms with Gasteiger partial charge in [0.15, 0.2) is 12.2 Å². The summed E-state index contributed by atoms with van der Waals surface area (Å²) < 4.78 is 68.8. The summed E-state index contributed by atoms with van der Waals surface area (Å²) in [6.45, 7) is 9.70. The molecule has 0 aliphatic heterocycles. The Balaban J connectivity index is 5.26. The van der Waals surface area contributed by atoms with Crippen LogP contribution < -0.4 is 0 Å². The second-order valence-electron chi connectivity index (χ2n) is 30.2. The molecule has 0 radical (unpaired) electrons. The number of carbonyl (C=O) groups is 4. The van der Waals surface area contributed by atoms with Crippen molar-refractivity contribution in [3.8, 4) is 0 Å². The lowest BCUT2D eigenvalue weighted by Gasteiger charge is -2.21. The van der Waals surface area contributed by atoms with Crippen LogP contribution in [0.2, 0.25) is 0 Å². The van der Waals surface area contributed by atoms with Gasteiger partial charge in [-0.15, -0.1) is 0 Å².